The molecular formula is C20H30BrO. The van der Waals surface area contributed by atoms with Crippen LogP contribution in [0.3, 0.4) is 0 Å². The average molecular weight is 366 g/mol. The molecule has 1 aliphatic carbocycles. The molecule has 22 heavy (non-hydrogen) atoms. The van der Waals surface area contributed by atoms with Crippen LogP contribution < -0.4 is 4.74 Å². The van der Waals surface area contributed by atoms with E-state index in [1.54, 1.807) is 5.92 Å². The molecule has 1 atom stereocenters. The Morgan fingerprint density at radius 2 is 1.82 bits per heavy atom. The Bertz CT molecular complexity index is 469. The molecule has 1 radical (unpaired) electrons. The Hall–Kier alpha value is -0.500. The van der Waals surface area contributed by atoms with Crippen LogP contribution in [-0.4, -0.2) is 6.61 Å². The molecule has 2 rings (SSSR count). The Kier molecular flexibility index (Phi) is 5.63. The van der Waals surface area contributed by atoms with E-state index in [-0.39, 0.29) is 0 Å². The molecular weight excluding hydrogens is 336 g/mol. The van der Waals surface area contributed by atoms with Gasteiger partial charge in [0.25, 0.3) is 0 Å². The molecule has 2 heteroatoms. The van der Waals surface area contributed by atoms with Crippen molar-refractivity contribution in [3.8, 4) is 5.75 Å². The maximum Gasteiger partial charge on any atom is 0.119 e. The van der Waals surface area contributed by atoms with Crippen LogP contribution in [-0.2, 0) is 0 Å². The minimum absolute atomic E-state index is 0.318. The van der Waals surface area contributed by atoms with Gasteiger partial charge in [-0.05, 0) is 72.6 Å². The summed E-state index contributed by atoms with van der Waals surface area (Å²) in [6, 6.07) is 8.13. The first-order valence-corrected chi connectivity index (χ1v) is 9.21. The summed E-state index contributed by atoms with van der Waals surface area (Å²) in [5.41, 5.74) is 0.788. The number of halogens is 1. The van der Waals surface area contributed by atoms with E-state index >= 15 is 0 Å². The highest BCUT2D eigenvalue weighted by molar-refractivity contribution is 9.10. The molecule has 1 saturated carbocycles. The van der Waals surface area contributed by atoms with Gasteiger partial charge in [-0.15, -0.1) is 0 Å². The van der Waals surface area contributed by atoms with Gasteiger partial charge in [-0.2, -0.15) is 0 Å². The van der Waals surface area contributed by atoms with Gasteiger partial charge in [0.15, 0.2) is 0 Å². The molecule has 0 aliphatic heterocycles. The molecule has 0 heterocycles. The standard InChI is InChI=1S/C20H30BrO/c1-19(2,3)18-10-12-20(4,5)14-15(18)11-13-22-17-8-6-16(21)7-9-17/h6-9,15H,10-14H2,1-5H3. The molecule has 1 unspecified atom stereocenters. The maximum absolute atomic E-state index is 5.96. The van der Waals surface area contributed by atoms with Crippen LogP contribution in [0.1, 0.15) is 60.3 Å². The zero-order chi connectivity index (χ0) is 16.4. The fourth-order valence-electron chi connectivity index (χ4n) is 3.68. The molecule has 1 aromatic rings. The van der Waals surface area contributed by atoms with Gasteiger partial charge >= 0.3 is 0 Å². The Morgan fingerprint density at radius 1 is 1.18 bits per heavy atom. The van der Waals surface area contributed by atoms with Gasteiger partial charge in [0.2, 0.25) is 0 Å². The van der Waals surface area contributed by atoms with Crippen LogP contribution in [0, 0.1) is 22.7 Å². The van der Waals surface area contributed by atoms with E-state index in [0.717, 1.165) is 23.2 Å². The molecule has 123 valence electrons. The number of hydrogen-bond donors (Lipinski definition) is 0. The topological polar surface area (TPSA) is 9.23 Å². The summed E-state index contributed by atoms with van der Waals surface area (Å²) in [6.07, 6.45) is 5.03. The van der Waals surface area contributed by atoms with Crippen LogP contribution in [0.2, 0.25) is 0 Å². The predicted octanol–water partition coefficient (Wildman–Crippen LogP) is 6.66. The fourth-order valence-corrected chi connectivity index (χ4v) is 3.95. The lowest BCUT2D eigenvalue weighted by Gasteiger charge is -2.46. The minimum atomic E-state index is 0.318. The minimum Gasteiger partial charge on any atom is -0.494 e. The molecule has 0 spiro atoms. The third-order valence-corrected chi connectivity index (χ3v) is 5.40. The number of hydrogen-bond acceptors (Lipinski definition) is 1. The number of ether oxygens (including phenoxy) is 1. The first kappa shape index (κ1) is 17.8. The van der Waals surface area contributed by atoms with Crippen LogP contribution in [0.4, 0.5) is 0 Å². The Balaban J connectivity index is 1.93. The molecule has 0 amide bonds. The summed E-state index contributed by atoms with van der Waals surface area (Å²) < 4.78 is 7.05. The van der Waals surface area contributed by atoms with Crippen molar-refractivity contribution >= 4 is 15.9 Å². The lowest BCUT2D eigenvalue weighted by molar-refractivity contribution is 0.136. The molecule has 0 saturated heterocycles. The van der Waals surface area contributed by atoms with E-state index < -0.39 is 0 Å². The lowest BCUT2D eigenvalue weighted by atomic mass is 9.59. The first-order chi connectivity index (χ1) is 10.2. The van der Waals surface area contributed by atoms with Gasteiger partial charge in [0.05, 0.1) is 6.61 Å². The van der Waals surface area contributed by atoms with E-state index in [0.29, 0.717) is 16.7 Å². The van der Waals surface area contributed by atoms with Crippen molar-refractivity contribution in [3.63, 3.8) is 0 Å². The molecule has 1 fully saturated rings. The second-order valence-corrected chi connectivity index (χ2v) is 9.35. The average Bonchev–Trinajstić information content (AvgIpc) is 2.38. The van der Waals surface area contributed by atoms with Crippen LogP contribution in [0.5, 0.6) is 5.75 Å². The van der Waals surface area contributed by atoms with E-state index in [9.17, 15) is 0 Å². The normalized spacial score (nSPS) is 22.5. The van der Waals surface area contributed by atoms with Crippen molar-refractivity contribution in [2.75, 3.05) is 6.61 Å². The maximum atomic E-state index is 5.96. The molecule has 0 N–H and O–H groups in total. The van der Waals surface area contributed by atoms with Crippen molar-refractivity contribution in [3.05, 3.63) is 34.7 Å². The van der Waals surface area contributed by atoms with E-state index in [1.807, 2.05) is 24.3 Å². The quantitative estimate of drug-likeness (QED) is 0.579. The van der Waals surface area contributed by atoms with Crippen molar-refractivity contribution in [2.45, 2.75) is 60.3 Å². The number of benzene rings is 1. The molecule has 1 aliphatic rings. The van der Waals surface area contributed by atoms with Crippen molar-refractivity contribution in [1.29, 1.82) is 0 Å². The van der Waals surface area contributed by atoms with Crippen molar-refractivity contribution in [1.82, 2.24) is 0 Å². The predicted molar refractivity (Wildman–Crippen MR) is 98.1 cm³/mol. The zero-order valence-corrected chi connectivity index (χ0v) is 16.3. The second-order valence-electron chi connectivity index (χ2n) is 8.43. The third kappa shape index (κ3) is 5.01. The first-order valence-electron chi connectivity index (χ1n) is 8.42. The monoisotopic (exact) mass is 365 g/mol. The van der Waals surface area contributed by atoms with E-state index in [2.05, 4.69) is 50.5 Å². The van der Waals surface area contributed by atoms with Gasteiger partial charge in [-0.3, -0.25) is 0 Å². The molecule has 0 aromatic heterocycles. The second kappa shape index (κ2) is 6.95. The van der Waals surface area contributed by atoms with Crippen LogP contribution in [0.15, 0.2) is 28.7 Å². The summed E-state index contributed by atoms with van der Waals surface area (Å²) in [5, 5.41) is 0. The van der Waals surface area contributed by atoms with Gasteiger partial charge in [-0.1, -0.05) is 50.5 Å². The van der Waals surface area contributed by atoms with Crippen molar-refractivity contribution in [2.24, 2.45) is 16.7 Å². The van der Waals surface area contributed by atoms with Crippen LogP contribution >= 0.6 is 15.9 Å². The molecule has 0 bridgehead atoms. The highest BCUT2D eigenvalue weighted by Crippen LogP contribution is 2.50. The van der Waals surface area contributed by atoms with E-state index in [4.69, 9.17) is 4.74 Å². The summed E-state index contributed by atoms with van der Waals surface area (Å²) in [5.74, 6) is 3.40. The third-order valence-electron chi connectivity index (χ3n) is 4.87. The highest BCUT2D eigenvalue weighted by Gasteiger charge is 2.40. The zero-order valence-electron chi connectivity index (χ0n) is 14.7. The van der Waals surface area contributed by atoms with Crippen LogP contribution in [0.25, 0.3) is 0 Å². The summed E-state index contributed by atoms with van der Waals surface area (Å²) >= 11 is 3.46. The summed E-state index contributed by atoms with van der Waals surface area (Å²) in [7, 11) is 0. The highest BCUT2D eigenvalue weighted by atomic mass is 79.9. The molecule has 1 aromatic carbocycles. The van der Waals surface area contributed by atoms with Gasteiger partial charge in [-0.25, -0.2) is 0 Å². The van der Waals surface area contributed by atoms with E-state index in [1.165, 1.54) is 19.3 Å². The van der Waals surface area contributed by atoms with Crippen molar-refractivity contribution < 1.29 is 4.74 Å². The molecule has 1 nitrogen and oxygen atoms in total. The van der Waals surface area contributed by atoms with Gasteiger partial charge in [0.1, 0.15) is 5.75 Å². The Morgan fingerprint density at radius 3 is 2.41 bits per heavy atom. The smallest absolute Gasteiger partial charge is 0.119 e. The summed E-state index contributed by atoms with van der Waals surface area (Å²) in [4.78, 5) is 0. The Labute approximate surface area is 145 Å². The fraction of sp³-hybridized carbons (Fsp3) is 0.650. The largest absolute Gasteiger partial charge is 0.494 e. The number of rotatable bonds is 4. The lowest BCUT2D eigenvalue weighted by Crippen LogP contribution is -2.36. The van der Waals surface area contributed by atoms with Gasteiger partial charge < -0.3 is 4.74 Å². The van der Waals surface area contributed by atoms with Gasteiger partial charge in [0, 0.05) is 4.47 Å². The SMILES string of the molecule is CC1(C)CC[C](C(C)(C)C)C(CCOc2ccc(Br)cc2)C1. The summed E-state index contributed by atoms with van der Waals surface area (Å²) in [6.45, 7) is 12.7.